The molecule has 0 spiro atoms. The summed E-state index contributed by atoms with van der Waals surface area (Å²) in [6.07, 6.45) is 0. The minimum absolute atomic E-state index is 0.0581. The van der Waals surface area contributed by atoms with Gasteiger partial charge in [0.2, 0.25) is 5.91 Å². The molecule has 1 amide bonds. The van der Waals surface area contributed by atoms with Crippen molar-refractivity contribution in [3.8, 4) is 0 Å². The topological polar surface area (TPSA) is 62.6 Å². The van der Waals surface area contributed by atoms with Crippen molar-refractivity contribution in [3.05, 3.63) is 29.0 Å². The summed E-state index contributed by atoms with van der Waals surface area (Å²) in [4.78, 5) is 21.2. The van der Waals surface area contributed by atoms with Gasteiger partial charge in [0.05, 0.1) is 30.7 Å². The summed E-state index contributed by atoms with van der Waals surface area (Å²) >= 11 is 6.06. The summed E-state index contributed by atoms with van der Waals surface area (Å²) in [7, 11) is 3.67. The third kappa shape index (κ3) is 4.73. The number of hydrogen-bond acceptors (Lipinski definition) is 5. The molecule has 0 atom stereocenters. The first-order valence-electron chi connectivity index (χ1n) is 8.88. The number of aryl methyl sites for hydroxylation is 1. The molecule has 1 aromatic carbocycles. The van der Waals surface area contributed by atoms with Crippen LogP contribution in [0.25, 0.3) is 11.0 Å². The lowest BCUT2D eigenvalue weighted by Gasteiger charge is -2.34. The number of amides is 1. The van der Waals surface area contributed by atoms with Gasteiger partial charge < -0.3 is 14.6 Å². The largest absolute Gasteiger partial charge is 0.383 e. The minimum Gasteiger partial charge on any atom is -0.383 e. The Bertz CT molecular complexity index is 755. The highest BCUT2D eigenvalue weighted by molar-refractivity contribution is 6.31. The number of nitrogens with zero attached hydrogens (tertiary/aromatic N) is 4. The number of rotatable bonds is 7. The van der Waals surface area contributed by atoms with E-state index in [0.29, 0.717) is 24.7 Å². The first-order valence-corrected chi connectivity index (χ1v) is 9.26. The first kappa shape index (κ1) is 19.1. The average Bonchev–Trinajstić information content (AvgIpc) is 2.92. The van der Waals surface area contributed by atoms with Crippen LogP contribution in [0.5, 0.6) is 0 Å². The van der Waals surface area contributed by atoms with Crippen LogP contribution < -0.4 is 5.32 Å². The molecule has 142 valence electrons. The zero-order valence-electron chi connectivity index (χ0n) is 15.4. The first-order chi connectivity index (χ1) is 12.6. The number of ether oxygens (including phenoxy) is 1. The molecule has 2 heterocycles. The fraction of sp³-hybridized carbons (Fsp3) is 0.556. The molecule has 0 radical (unpaired) electrons. The average molecular weight is 380 g/mol. The van der Waals surface area contributed by atoms with E-state index in [1.54, 1.807) is 7.11 Å². The number of methoxy groups -OCH3 is 1. The number of nitrogens with one attached hydrogen (secondary N) is 1. The molecule has 0 saturated carbocycles. The molecule has 0 bridgehead atoms. The van der Waals surface area contributed by atoms with Crippen molar-refractivity contribution >= 4 is 28.5 Å². The van der Waals surface area contributed by atoms with E-state index in [1.165, 1.54) is 0 Å². The lowest BCUT2D eigenvalue weighted by atomic mass is 10.3. The van der Waals surface area contributed by atoms with Gasteiger partial charge in [-0.05, 0) is 18.2 Å². The van der Waals surface area contributed by atoms with Crippen LogP contribution in [0.4, 0.5) is 0 Å². The number of fused-ring (bicyclic) bond motifs is 1. The molecule has 0 aliphatic carbocycles. The van der Waals surface area contributed by atoms with Gasteiger partial charge in [0.25, 0.3) is 0 Å². The van der Waals surface area contributed by atoms with Gasteiger partial charge in [-0.3, -0.25) is 14.6 Å². The van der Waals surface area contributed by atoms with Crippen LogP contribution >= 0.6 is 11.6 Å². The van der Waals surface area contributed by atoms with Crippen LogP contribution in [0.2, 0.25) is 5.02 Å². The van der Waals surface area contributed by atoms with Gasteiger partial charge in [-0.25, -0.2) is 4.98 Å². The normalized spacial score (nSPS) is 16.3. The molecule has 2 aromatic rings. The second-order valence-electron chi connectivity index (χ2n) is 6.62. The van der Waals surface area contributed by atoms with E-state index in [0.717, 1.165) is 49.6 Å². The van der Waals surface area contributed by atoms with E-state index in [2.05, 4.69) is 19.7 Å². The molecule has 26 heavy (non-hydrogen) atoms. The Morgan fingerprint density at radius 1 is 1.27 bits per heavy atom. The molecule has 1 aromatic heterocycles. The van der Waals surface area contributed by atoms with Crippen LogP contribution in [0.15, 0.2) is 18.2 Å². The number of imidazole rings is 1. The summed E-state index contributed by atoms with van der Waals surface area (Å²) < 4.78 is 7.07. The fourth-order valence-electron chi connectivity index (χ4n) is 3.22. The lowest BCUT2D eigenvalue weighted by molar-refractivity contribution is -0.122. The maximum atomic E-state index is 11.9. The molecule has 7 nitrogen and oxygen atoms in total. The van der Waals surface area contributed by atoms with E-state index < -0.39 is 0 Å². The van der Waals surface area contributed by atoms with Gasteiger partial charge in [0.1, 0.15) is 5.82 Å². The van der Waals surface area contributed by atoms with E-state index >= 15 is 0 Å². The van der Waals surface area contributed by atoms with Crippen molar-refractivity contribution in [2.75, 3.05) is 53.0 Å². The van der Waals surface area contributed by atoms with Crippen molar-refractivity contribution in [1.82, 2.24) is 24.7 Å². The van der Waals surface area contributed by atoms with Crippen LogP contribution in [-0.4, -0.2) is 78.2 Å². The van der Waals surface area contributed by atoms with Gasteiger partial charge in [0.15, 0.2) is 0 Å². The van der Waals surface area contributed by atoms with Gasteiger partial charge in [-0.1, -0.05) is 11.6 Å². The molecular weight excluding hydrogens is 354 g/mol. The third-order valence-corrected chi connectivity index (χ3v) is 5.00. The quantitative estimate of drug-likeness (QED) is 0.730. The lowest BCUT2D eigenvalue weighted by Crippen LogP contribution is -2.49. The van der Waals surface area contributed by atoms with E-state index in [4.69, 9.17) is 21.3 Å². The predicted molar refractivity (Wildman–Crippen MR) is 102 cm³/mol. The van der Waals surface area contributed by atoms with Gasteiger partial charge in [-0.15, -0.1) is 0 Å². The molecule has 1 aliphatic rings. The van der Waals surface area contributed by atoms with Crippen molar-refractivity contribution < 1.29 is 9.53 Å². The zero-order valence-corrected chi connectivity index (χ0v) is 16.1. The maximum absolute atomic E-state index is 11.9. The van der Waals surface area contributed by atoms with E-state index in [9.17, 15) is 4.79 Å². The molecular formula is C18H26ClN5O2. The van der Waals surface area contributed by atoms with Gasteiger partial charge in [0, 0.05) is 51.9 Å². The predicted octanol–water partition coefficient (Wildman–Crippen LogP) is 1.11. The Labute approximate surface area is 158 Å². The highest BCUT2D eigenvalue weighted by Gasteiger charge is 2.20. The summed E-state index contributed by atoms with van der Waals surface area (Å²) in [5.41, 5.74) is 2.03. The number of hydrogen-bond donors (Lipinski definition) is 1. The van der Waals surface area contributed by atoms with Gasteiger partial charge >= 0.3 is 0 Å². The third-order valence-electron chi connectivity index (χ3n) is 4.76. The molecule has 0 unspecified atom stereocenters. The Kier molecular flexibility index (Phi) is 6.48. The number of piperazine rings is 1. The summed E-state index contributed by atoms with van der Waals surface area (Å²) in [5.74, 6) is 1.09. The number of benzene rings is 1. The number of carbonyl (C=O) groups excluding carboxylic acids is 1. The van der Waals surface area contributed by atoms with Crippen molar-refractivity contribution in [2.45, 2.75) is 6.54 Å². The fourth-order valence-corrected chi connectivity index (χ4v) is 3.39. The molecule has 1 saturated heterocycles. The standard InChI is InChI=1S/C18H26ClN5O2/c1-22-16-4-3-14(19)11-15(16)21-17(22)12-23-6-8-24(9-7-23)13-18(25)20-5-10-26-2/h3-4,11H,5-10,12-13H2,1-2H3,(H,20,25). The van der Waals surface area contributed by atoms with Crippen molar-refractivity contribution in [1.29, 1.82) is 0 Å². The minimum atomic E-state index is 0.0581. The molecule has 1 N–H and O–H groups in total. The number of aromatic nitrogens is 2. The molecule has 1 aliphatic heterocycles. The second-order valence-corrected chi connectivity index (χ2v) is 7.05. The Morgan fingerprint density at radius 3 is 2.73 bits per heavy atom. The summed E-state index contributed by atoms with van der Waals surface area (Å²) in [6.45, 7) is 5.97. The van der Waals surface area contributed by atoms with Crippen molar-refractivity contribution in [2.24, 2.45) is 7.05 Å². The molecule has 8 heteroatoms. The Balaban J connectivity index is 1.50. The zero-order chi connectivity index (χ0) is 18.5. The van der Waals surface area contributed by atoms with Crippen LogP contribution in [0.1, 0.15) is 5.82 Å². The van der Waals surface area contributed by atoms with Gasteiger partial charge in [-0.2, -0.15) is 0 Å². The summed E-state index contributed by atoms with van der Waals surface area (Å²) in [6, 6.07) is 5.81. The Morgan fingerprint density at radius 2 is 2.00 bits per heavy atom. The van der Waals surface area contributed by atoms with Crippen LogP contribution in [0, 0.1) is 0 Å². The highest BCUT2D eigenvalue weighted by Crippen LogP contribution is 2.20. The molecule has 3 rings (SSSR count). The van der Waals surface area contributed by atoms with Crippen molar-refractivity contribution in [3.63, 3.8) is 0 Å². The second kappa shape index (κ2) is 8.81. The SMILES string of the molecule is COCCNC(=O)CN1CCN(Cc2nc3cc(Cl)ccc3n2C)CC1. The number of carbonyl (C=O) groups is 1. The van der Waals surface area contributed by atoms with E-state index in [-0.39, 0.29) is 5.91 Å². The molecule has 1 fully saturated rings. The highest BCUT2D eigenvalue weighted by atomic mass is 35.5. The summed E-state index contributed by atoms with van der Waals surface area (Å²) in [5, 5.41) is 3.57. The van der Waals surface area contributed by atoms with E-state index in [1.807, 2.05) is 25.2 Å². The maximum Gasteiger partial charge on any atom is 0.234 e. The Hall–Kier alpha value is -1.67. The smallest absolute Gasteiger partial charge is 0.234 e. The number of halogens is 1. The van der Waals surface area contributed by atoms with Crippen LogP contribution in [0.3, 0.4) is 0 Å². The monoisotopic (exact) mass is 379 g/mol. The van der Waals surface area contributed by atoms with Crippen LogP contribution in [-0.2, 0) is 23.1 Å².